The molecule has 0 aliphatic heterocycles. The highest BCUT2D eigenvalue weighted by Crippen LogP contribution is 1.91. The van der Waals surface area contributed by atoms with Gasteiger partial charge in [0.1, 0.15) is 0 Å². The molecule has 1 unspecified atom stereocenters. The summed E-state index contributed by atoms with van der Waals surface area (Å²) in [5.74, 6) is 0. The maximum absolute atomic E-state index is 11.5. The van der Waals surface area contributed by atoms with Crippen molar-refractivity contribution in [1.29, 1.82) is 0 Å². The predicted molar refractivity (Wildman–Crippen MR) is 54.2 cm³/mol. The molecule has 1 atom stereocenters. The van der Waals surface area contributed by atoms with Gasteiger partial charge in [-0.25, -0.2) is 4.79 Å². The van der Waals surface area contributed by atoms with Crippen LogP contribution in [0.5, 0.6) is 0 Å². The van der Waals surface area contributed by atoms with E-state index in [1.54, 1.807) is 4.90 Å². The summed E-state index contributed by atoms with van der Waals surface area (Å²) in [7, 11) is 1.53. The zero-order chi connectivity index (χ0) is 11.0. The Labute approximate surface area is 85.0 Å². The molecule has 0 rings (SSSR count). The van der Waals surface area contributed by atoms with Crippen molar-refractivity contribution in [3.63, 3.8) is 0 Å². The van der Waals surface area contributed by atoms with Gasteiger partial charge < -0.3 is 20.1 Å². The minimum Gasteiger partial charge on any atom is -0.394 e. The molecule has 2 N–H and O–H groups in total. The van der Waals surface area contributed by atoms with Crippen molar-refractivity contribution in [1.82, 2.24) is 10.2 Å². The molecule has 0 aromatic heterocycles. The number of nitrogens with one attached hydrogen (secondary N) is 1. The fourth-order valence-corrected chi connectivity index (χ4v) is 1.12. The minimum absolute atomic E-state index is 0.110. The summed E-state index contributed by atoms with van der Waals surface area (Å²) in [4.78, 5) is 13.1. The fraction of sp³-hybridized carbons (Fsp3) is 0.889. The van der Waals surface area contributed by atoms with Gasteiger partial charge in [0.25, 0.3) is 0 Å². The Morgan fingerprint density at radius 3 is 2.43 bits per heavy atom. The van der Waals surface area contributed by atoms with E-state index in [9.17, 15) is 4.79 Å². The Morgan fingerprint density at radius 1 is 1.50 bits per heavy atom. The predicted octanol–water partition coefficient (Wildman–Crippen LogP) is 0.0451. The first-order valence-corrected chi connectivity index (χ1v) is 4.84. The second-order valence-corrected chi connectivity index (χ2v) is 2.96. The lowest BCUT2D eigenvalue weighted by molar-refractivity contribution is 0.124. The number of nitrogens with zero attached hydrogens (tertiary/aromatic N) is 1. The van der Waals surface area contributed by atoms with E-state index in [2.05, 4.69) is 5.32 Å². The number of aliphatic hydroxyl groups excluding tert-OH is 1. The molecule has 0 spiro atoms. The lowest BCUT2D eigenvalue weighted by Crippen LogP contribution is -2.47. The van der Waals surface area contributed by atoms with E-state index < -0.39 is 0 Å². The number of ether oxygens (including phenoxy) is 1. The van der Waals surface area contributed by atoms with E-state index in [1.165, 1.54) is 7.11 Å². The lowest BCUT2D eigenvalue weighted by Gasteiger charge is -2.23. The number of methoxy groups -OCH3 is 1. The molecule has 14 heavy (non-hydrogen) atoms. The Bertz CT molecular complexity index is 160. The zero-order valence-corrected chi connectivity index (χ0v) is 9.12. The largest absolute Gasteiger partial charge is 0.394 e. The summed E-state index contributed by atoms with van der Waals surface area (Å²) in [6, 6.07) is -0.487. The molecule has 0 saturated carbocycles. The van der Waals surface area contributed by atoms with Crippen LogP contribution >= 0.6 is 0 Å². The number of urea groups is 1. The Balaban J connectivity index is 3.99. The van der Waals surface area contributed by atoms with Gasteiger partial charge in [0.05, 0.1) is 19.3 Å². The van der Waals surface area contributed by atoms with Gasteiger partial charge in [-0.3, -0.25) is 0 Å². The number of carbonyl (C=O) groups is 1. The third-order valence-electron chi connectivity index (χ3n) is 1.97. The Hall–Kier alpha value is -0.810. The molecule has 84 valence electrons. The van der Waals surface area contributed by atoms with Crippen molar-refractivity contribution in [2.45, 2.75) is 19.9 Å². The number of amides is 2. The van der Waals surface area contributed by atoms with Gasteiger partial charge in [0, 0.05) is 20.2 Å². The molecule has 0 heterocycles. The van der Waals surface area contributed by atoms with Crippen LogP contribution in [0.1, 0.15) is 13.8 Å². The van der Waals surface area contributed by atoms with Gasteiger partial charge in [-0.2, -0.15) is 0 Å². The van der Waals surface area contributed by atoms with Gasteiger partial charge in [0.15, 0.2) is 0 Å². The highest BCUT2D eigenvalue weighted by Gasteiger charge is 2.14. The summed E-state index contributed by atoms with van der Waals surface area (Å²) < 4.78 is 4.85. The molecule has 2 amide bonds. The molecule has 0 aromatic carbocycles. The standard InChI is InChI=1S/C9H20N2O3/c1-4-11(5-2)9(13)10-8(6-12)7-14-3/h8,12H,4-7H2,1-3H3,(H,10,13). The normalized spacial score (nSPS) is 12.3. The van der Waals surface area contributed by atoms with Crippen LogP contribution in [0.25, 0.3) is 0 Å². The molecular formula is C9H20N2O3. The first-order valence-electron chi connectivity index (χ1n) is 4.84. The van der Waals surface area contributed by atoms with E-state index in [0.29, 0.717) is 19.7 Å². The molecule has 0 radical (unpaired) electrons. The highest BCUT2D eigenvalue weighted by atomic mass is 16.5. The van der Waals surface area contributed by atoms with E-state index in [4.69, 9.17) is 9.84 Å². The lowest BCUT2D eigenvalue weighted by atomic mass is 10.3. The summed E-state index contributed by atoms with van der Waals surface area (Å²) >= 11 is 0. The van der Waals surface area contributed by atoms with Gasteiger partial charge in [-0.1, -0.05) is 0 Å². The first kappa shape index (κ1) is 13.2. The van der Waals surface area contributed by atoms with Crippen LogP contribution in [0.15, 0.2) is 0 Å². The first-order chi connectivity index (χ1) is 6.69. The maximum Gasteiger partial charge on any atom is 0.317 e. The fourth-order valence-electron chi connectivity index (χ4n) is 1.12. The van der Waals surface area contributed by atoms with Gasteiger partial charge in [-0.05, 0) is 13.8 Å². The van der Waals surface area contributed by atoms with Crippen LogP contribution in [-0.4, -0.2) is 55.5 Å². The highest BCUT2D eigenvalue weighted by molar-refractivity contribution is 5.74. The number of hydrogen-bond donors (Lipinski definition) is 2. The molecule has 0 aromatic rings. The average Bonchev–Trinajstić information content (AvgIpc) is 2.19. The number of hydrogen-bond acceptors (Lipinski definition) is 3. The van der Waals surface area contributed by atoms with Gasteiger partial charge in [0.2, 0.25) is 0 Å². The van der Waals surface area contributed by atoms with Gasteiger partial charge >= 0.3 is 6.03 Å². The third-order valence-corrected chi connectivity index (χ3v) is 1.97. The monoisotopic (exact) mass is 204 g/mol. The van der Waals surface area contributed by atoms with Crippen LogP contribution in [0.2, 0.25) is 0 Å². The SMILES string of the molecule is CCN(CC)C(=O)NC(CO)COC. The van der Waals surface area contributed by atoms with Crippen LogP contribution in [-0.2, 0) is 4.74 Å². The van der Waals surface area contributed by atoms with Crippen LogP contribution in [0.4, 0.5) is 4.79 Å². The number of aliphatic hydroxyl groups is 1. The molecular weight excluding hydrogens is 184 g/mol. The van der Waals surface area contributed by atoms with Crippen LogP contribution in [0.3, 0.4) is 0 Å². The van der Waals surface area contributed by atoms with Crippen molar-refractivity contribution in [3.05, 3.63) is 0 Å². The smallest absolute Gasteiger partial charge is 0.317 e. The van der Waals surface area contributed by atoms with E-state index in [0.717, 1.165) is 0 Å². The van der Waals surface area contributed by atoms with Crippen molar-refractivity contribution >= 4 is 6.03 Å². The van der Waals surface area contributed by atoms with Crippen molar-refractivity contribution in [2.75, 3.05) is 33.4 Å². The maximum atomic E-state index is 11.5. The molecule has 0 aliphatic carbocycles. The van der Waals surface area contributed by atoms with Crippen LogP contribution in [0, 0.1) is 0 Å². The molecule has 0 bridgehead atoms. The second kappa shape index (κ2) is 7.58. The minimum atomic E-state index is -0.326. The molecule has 5 heteroatoms. The second-order valence-electron chi connectivity index (χ2n) is 2.96. The van der Waals surface area contributed by atoms with E-state index >= 15 is 0 Å². The van der Waals surface area contributed by atoms with Crippen molar-refractivity contribution in [2.24, 2.45) is 0 Å². The van der Waals surface area contributed by atoms with E-state index in [1.807, 2.05) is 13.8 Å². The number of carbonyl (C=O) groups excluding carboxylic acids is 1. The molecule has 0 saturated heterocycles. The average molecular weight is 204 g/mol. The van der Waals surface area contributed by atoms with Crippen molar-refractivity contribution in [3.8, 4) is 0 Å². The third kappa shape index (κ3) is 4.43. The Kier molecular flexibility index (Phi) is 7.14. The van der Waals surface area contributed by atoms with E-state index in [-0.39, 0.29) is 18.7 Å². The summed E-state index contributed by atoms with van der Waals surface area (Å²) in [6.45, 7) is 5.35. The Morgan fingerprint density at radius 2 is 2.07 bits per heavy atom. The summed E-state index contributed by atoms with van der Waals surface area (Å²) in [6.07, 6.45) is 0. The van der Waals surface area contributed by atoms with Crippen molar-refractivity contribution < 1.29 is 14.6 Å². The summed E-state index contributed by atoms with van der Waals surface area (Å²) in [5, 5.41) is 11.6. The molecule has 0 fully saturated rings. The number of rotatable bonds is 6. The molecule has 5 nitrogen and oxygen atoms in total. The zero-order valence-electron chi connectivity index (χ0n) is 9.12. The quantitative estimate of drug-likeness (QED) is 0.642. The van der Waals surface area contributed by atoms with Crippen LogP contribution < -0.4 is 5.32 Å². The molecule has 0 aliphatic rings. The topological polar surface area (TPSA) is 61.8 Å². The summed E-state index contributed by atoms with van der Waals surface area (Å²) in [5.41, 5.74) is 0. The van der Waals surface area contributed by atoms with Gasteiger partial charge in [-0.15, -0.1) is 0 Å².